The summed E-state index contributed by atoms with van der Waals surface area (Å²) >= 11 is 0. The quantitative estimate of drug-likeness (QED) is 0.360. The molecule has 4 aromatic rings. The van der Waals surface area contributed by atoms with Crippen LogP contribution < -0.4 is 5.32 Å². The fourth-order valence-electron chi connectivity index (χ4n) is 3.83. The number of rotatable bonds is 7. The maximum atomic E-state index is 13.0. The number of carbonyl (C=O) groups excluding carboxylic acids is 1. The Morgan fingerprint density at radius 3 is 2.34 bits per heavy atom. The number of hydrogen-bond acceptors (Lipinski definition) is 6. The van der Waals surface area contributed by atoms with Gasteiger partial charge in [0.15, 0.2) is 0 Å². The summed E-state index contributed by atoms with van der Waals surface area (Å²) in [5.41, 5.74) is -0.665. The van der Waals surface area contributed by atoms with E-state index in [0.717, 1.165) is 22.1 Å². The first-order valence-electron chi connectivity index (χ1n) is 10.6. The third-order valence-corrected chi connectivity index (χ3v) is 7.42. The molecule has 3 aromatic carbocycles. The molecule has 4 rings (SSSR count). The molecule has 0 spiro atoms. The van der Waals surface area contributed by atoms with Gasteiger partial charge in [-0.15, -0.1) is 0 Å². The van der Waals surface area contributed by atoms with Crippen LogP contribution in [-0.4, -0.2) is 46.5 Å². The van der Waals surface area contributed by atoms with Gasteiger partial charge in [-0.25, -0.2) is 17.4 Å². The van der Waals surface area contributed by atoms with Gasteiger partial charge in [-0.1, -0.05) is 35.9 Å². The monoisotopic (exact) mass is 493 g/mol. The second-order valence-electron chi connectivity index (χ2n) is 8.19. The van der Waals surface area contributed by atoms with Gasteiger partial charge in [-0.3, -0.25) is 9.59 Å². The Morgan fingerprint density at radius 1 is 1.03 bits per heavy atom. The molecule has 0 aliphatic carbocycles. The predicted octanol–water partition coefficient (Wildman–Crippen LogP) is 2.65. The summed E-state index contributed by atoms with van der Waals surface area (Å²) < 4.78 is 26.9. The number of amides is 1. The number of carbonyl (C=O) groups is 2. The van der Waals surface area contributed by atoms with E-state index in [-0.39, 0.29) is 22.1 Å². The van der Waals surface area contributed by atoms with Crippen molar-refractivity contribution in [1.82, 2.24) is 14.3 Å². The highest BCUT2D eigenvalue weighted by atomic mass is 32.2. The van der Waals surface area contributed by atoms with E-state index in [0.29, 0.717) is 16.3 Å². The number of benzene rings is 3. The molecule has 180 valence electrons. The first-order valence-corrected chi connectivity index (χ1v) is 12.1. The van der Waals surface area contributed by atoms with Gasteiger partial charge in [0.25, 0.3) is 15.9 Å². The molecule has 0 fully saturated rings. The molecule has 9 nitrogen and oxygen atoms in total. The van der Waals surface area contributed by atoms with Crippen molar-refractivity contribution in [2.75, 3.05) is 7.05 Å². The fraction of sp³-hybridized carbons (Fsp3) is 0.160. The van der Waals surface area contributed by atoms with E-state index in [1.807, 2.05) is 6.92 Å². The lowest BCUT2D eigenvalue weighted by Gasteiger charge is -2.25. The van der Waals surface area contributed by atoms with Crippen LogP contribution >= 0.6 is 0 Å². The van der Waals surface area contributed by atoms with Gasteiger partial charge in [0, 0.05) is 18.8 Å². The molecule has 1 heterocycles. The Hall–Kier alpha value is -4.02. The molecule has 0 saturated heterocycles. The number of carboxylic acid groups (broad SMARTS) is 1. The molecule has 0 aliphatic heterocycles. The van der Waals surface area contributed by atoms with Crippen LogP contribution in [0.25, 0.3) is 10.8 Å². The zero-order valence-electron chi connectivity index (χ0n) is 19.0. The van der Waals surface area contributed by atoms with Gasteiger partial charge < -0.3 is 15.5 Å². The van der Waals surface area contributed by atoms with Gasteiger partial charge in [0.2, 0.25) is 0 Å². The number of aryl methyl sites for hydroxylation is 1. The lowest BCUT2D eigenvalue weighted by atomic mass is 9.86. The minimum Gasteiger partial charge on any atom is -0.481 e. The third kappa shape index (κ3) is 4.53. The zero-order valence-corrected chi connectivity index (χ0v) is 19.8. The van der Waals surface area contributed by atoms with Gasteiger partial charge in [0.05, 0.1) is 17.0 Å². The molecule has 0 bridgehead atoms. The normalized spacial score (nSPS) is 13.3. The van der Waals surface area contributed by atoms with Crippen molar-refractivity contribution in [2.24, 2.45) is 0 Å². The minimum atomic E-state index is -4.00. The highest BCUT2D eigenvalue weighted by Crippen LogP contribution is 2.34. The maximum absolute atomic E-state index is 13.0. The lowest BCUT2D eigenvalue weighted by molar-refractivity contribution is -0.141. The molecule has 1 aromatic heterocycles. The summed E-state index contributed by atoms with van der Waals surface area (Å²) in [6, 6.07) is 16.0. The molecular formula is C25H23N3O6S. The summed E-state index contributed by atoms with van der Waals surface area (Å²) in [6.07, 6.45) is 1.42. The number of nitrogens with one attached hydrogen (secondary N) is 1. The number of aliphatic hydroxyl groups is 1. The van der Waals surface area contributed by atoms with Crippen molar-refractivity contribution in [1.29, 1.82) is 0 Å². The highest BCUT2D eigenvalue weighted by Gasteiger charge is 2.37. The van der Waals surface area contributed by atoms with Gasteiger partial charge in [-0.05, 0) is 53.6 Å². The number of carboxylic acids is 1. The van der Waals surface area contributed by atoms with E-state index in [1.54, 1.807) is 42.5 Å². The van der Waals surface area contributed by atoms with Crippen LogP contribution in [0.5, 0.6) is 0 Å². The third-order valence-electron chi connectivity index (χ3n) is 5.79. The first-order chi connectivity index (χ1) is 16.5. The largest absolute Gasteiger partial charge is 0.481 e. The summed E-state index contributed by atoms with van der Waals surface area (Å²) in [4.78, 5) is 27.7. The number of nitrogens with zero attached hydrogens (tertiary/aromatic N) is 2. The second kappa shape index (κ2) is 8.97. The van der Waals surface area contributed by atoms with Crippen LogP contribution in [-0.2, 0) is 20.4 Å². The Bertz CT molecular complexity index is 1540. The molecule has 0 radical (unpaired) electrons. The van der Waals surface area contributed by atoms with Crippen molar-refractivity contribution in [3.05, 3.63) is 95.6 Å². The number of fused-ring (bicyclic) bond motifs is 1. The van der Waals surface area contributed by atoms with E-state index in [4.69, 9.17) is 0 Å². The number of aliphatic carboxylic acids is 1. The number of hydrogen-bond donors (Lipinski definition) is 3. The molecule has 10 heteroatoms. The summed E-state index contributed by atoms with van der Waals surface area (Å²) in [6.45, 7) is 1.83. The van der Waals surface area contributed by atoms with Crippen molar-refractivity contribution < 1.29 is 28.2 Å². The smallest absolute Gasteiger partial charge is 0.307 e. The van der Waals surface area contributed by atoms with E-state index in [9.17, 15) is 28.2 Å². The molecule has 1 atom stereocenters. The topological polar surface area (TPSA) is 139 Å². The molecule has 1 amide bonds. The van der Waals surface area contributed by atoms with Crippen LogP contribution in [0.15, 0.2) is 78.1 Å². The summed E-state index contributed by atoms with van der Waals surface area (Å²) in [5.74, 6) is -1.54. The first kappa shape index (κ1) is 24.1. The van der Waals surface area contributed by atoms with Gasteiger partial charge in [-0.2, -0.15) is 0 Å². The van der Waals surface area contributed by atoms with E-state index < -0.39 is 28.0 Å². The van der Waals surface area contributed by atoms with Crippen LogP contribution in [0, 0.1) is 6.92 Å². The van der Waals surface area contributed by atoms with Crippen molar-refractivity contribution >= 4 is 32.7 Å². The maximum Gasteiger partial charge on any atom is 0.307 e. The van der Waals surface area contributed by atoms with E-state index in [2.05, 4.69) is 10.3 Å². The van der Waals surface area contributed by atoms with Crippen LogP contribution in [0.4, 0.5) is 0 Å². The van der Waals surface area contributed by atoms with Crippen LogP contribution in [0.3, 0.4) is 0 Å². The fourth-order valence-corrected chi connectivity index (χ4v) is 4.96. The molecular weight excluding hydrogens is 470 g/mol. The minimum absolute atomic E-state index is 0.0337. The SMILES string of the molecule is CNC(=O)c1ccc2cc([C@@](O)(CC(=O)O)c3cn(S(=O)(=O)c4ccc(C)cc4)cn3)ccc2c1. The molecule has 0 aliphatic rings. The average Bonchev–Trinajstić information content (AvgIpc) is 3.35. The van der Waals surface area contributed by atoms with Crippen molar-refractivity contribution in [3.63, 3.8) is 0 Å². The Labute approximate surface area is 201 Å². The summed E-state index contributed by atoms with van der Waals surface area (Å²) in [5, 5.41) is 25.0. The lowest BCUT2D eigenvalue weighted by Crippen LogP contribution is -2.31. The average molecular weight is 494 g/mol. The Kier molecular flexibility index (Phi) is 6.18. The Morgan fingerprint density at radius 2 is 1.69 bits per heavy atom. The van der Waals surface area contributed by atoms with Crippen LogP contribution in [0.2, 0.25) is 0 Å². The van der Waals surface area contributed by atoms with Gasteiger partial charge in [0.1, 0.15) is 11.9 Å². The summed E-state index contributed by atoms with van der Waals surface area (Å²) in [7, 11) is -2.47. The zero-order chi connectivity index (χ0) is 25.4. The molecule has 0 saturated carbocycles. The van der Waals surface area contributed by atoms with Gasteiger partial charge >= 0.3 is 5.97 Å². The molecule has 0 unspecified atom stereocenters. The van der Waals surface area contributed by atoms with Crippen molar-refractivity contribution in [3.8, 4) is 0 Å². The molecule has 3 N–H and O–H groups in total. The highest BCUT2D eigenvalue weighted by molar-refractivity contribution is 7.90. The van der Waals surface area contributed by atoms with E-state index >= 15 is 0 Å². The molecule has 35 heavy (non-hydrogen) atoms. The van der Waals surface area contributed by atoms with Crippen molar-refractivity contribution in [2.45, 2.75) is 23.8 Å². The van der Waals surface area contributed by atoms with Crippen LogP contribution in [0.1, 0.15) is 33.6 Å². The Balaban J connectivity index is 1.78. The number of imidazole rings is 1. The predicted molar refractivity (Wildman–Crippen MR) is 129 cm³/mol. The van der Waals surface area contributed by atoms with E-state index in [1.165, 1.54) is 25.2 Å². The standard InChI is InChI=1S/C25H23N3O6S/c1-16-3-9-21(10-4-16)35(33,34)28-14-22(27-15-28)25(32,13-23(29)30)20-8-7-17-11-19(24(31)26-2)6-5-18(17)12-20/h3-12,14-15,32H,13H2,1-2H3,(H,26,31)(H,29,30)/t25-/m0/s1. The second-order valence-corrected chi connectivity index (χ2v) is 10.0. The number of aromatic nitrogens is 2.